The van der Waals surface area contributed by atoms with Gasteiger partial charge in [0.2, 0.25) is 5.91 Å². The topological polar surface area (TPSA) is 54.9 Å². The first kappa shape index (κ1) is 11.4. The summed E-state index contributed by atoms with van der Waals surface area (Å²) in [7, 11) is 0. The lowest BCUT2D eigenvalue weighted by Gasteiger charge is -2.07. The predicted octanol–water partition coefficient (Wildman–Crippen LogP) is 2.10. The molecular formula is C11H15N3O. The maximum absolute atomic E-state index is 11.4. The van der Waals surface area contributed by atoms with Gasteiger partial charge < -0.3 is 5.32 Å². The highest BCUT2D eigenvalue weighted by Gasteiger charge is 2.08. The fourth-order valence-electron chi connectivity index (χ4n) is 0.905. The molecule has 0 atom stereocenters. The predicted molar refractivity (Wildman–Crippen MR) is 60.2 cm³/mol. The summed E-state index contributed by atoms with van der Waals surface area (Å²) in [5.74, 6) is 0.952. The molecule has 1 heterocycles. The maximum atomic E-state index is 11.4. The van der Waals surface area contributed by atoms with E-state index in [-0.39, 0.29) is 11.8 Å². The van der Waals surface area contributed by atoms with Crippen LogP contribution in [0.25, 0.3) is 5.57 Å². The Morgan fingerprint density at radius 2 is 2.20 bits per heavy atom. The second-order valence-electron chi connectivity index (χ2n) is 3.69. The summed E-state index contributed by atoms with van der Waals surface area (Å²) in [6.07, 6.45) is 1.60. The van der Waals surface area contributed by atoms with E-state index < -0.39 is 0 Å². The summed E-state index contributed by atoms with van der Waals surface area (Å²) in [6, 6.07) is 1.66. The Morgan fingerprint density at radius 3 is 2.73 bits per heavy atom. The Balaban J connectivity index is 2.83. The van der Waals surface area contributed by atoms with Crippen molar-refractivity contribution in [2.24, 2.45) is 5.92 Å². The smallest absolute Gasteiger partial charge is 0.228 e. The van der Waals surface area contributed by atoms with Crippen LogP contribution in [0.15, 0.2) is 18.8 Å². The summed E-state index contributed by atoms with van der Waals surface area (Å²) in [4.78, 5) is 19.6. The van der Waals surface area contributed by atoms with Crippen molar-refractivity contribution in [3.63, 3.8) is 0 Å². The highest BCUT2D eigenvalue weighted by atomic mass is 16.1. The van der Waals surface area contributed by atoms with Crippen molar-refractivity contribution < 1.29 is 4.79 Å². The quantitative estimate of drug-likeness (QED) is 0.822. The first-order valence-corrected chi connectivity index (χ1v) is 4.80. The van der Waals surface area contributed by atoms with Crippen molar-refractivity contribution in [1.29, 1.82) is 0 Å². The number of hydrogen-bond acceptors (Lipinski definition) is 3. The van der Waals surface area contributed by atoms with Gasteiger partial charge in [0, 0.05) is 12.1 Å². The molecule has 0 bridgehead atoms. The SMILES string of the molecule is C=C(C)c1nccc(NC(=O)C(C)C)n1. The zero-order valence-electron chi connectivity index (χ0n) is 9.24. The van der Waals surface area contributed by atoms with Crippen molar-refractivity contribution in [1.82, 2.24) is 9.97 Å². The number of carbonyl (C=O) groups is 1. The van der Waals surface area contributed by atoms with E-state index in [1.807, 2.05) is 20.8 Å². The molecule has 0 aromatic carbocycles. The number of rotatable bonds is 3. The fourth-order valence-corrected chi connectivity index (χ4v) is 0.905. The number of allylic oxidation sites excluding steroid dienone is 1. The molecule has 0 saturated heterocycles. The van der Waals surface area contributed by atoms with Gasteiger partial charge in [-0.1, -0.05) is 20.4 Å². The third-order valence-electron chi connectivity index (χ3n) is 1.81. The second-order valence-corrected chi connectivity index (χ2v) is 3.69. The molecule has 0 aliphatic heterocycles. The van der Waals surface area contributed by atoms with Gasteiger partial charge in [0.1, 0.15) is 5.82 Å². The van der Waals surface area contributed by atoms with Crippen LogP contribution in [0.4, 0.5) is 5.82 Å². The fraction of sp³-hybridized carbons (Fsp3) is 0.364. The minimum Gasteiger partial charge on any atom is -0.310 e. The molecule has 1 aromatic heterocycles. The van der Waals surface area contributed by atoms with Crippen molar-refractivity contribution in [2.45, 2.75) is 20.8 Å². The van der Waals surface area contributed by atoms with Gasteiger partial charge in [0.05, 0.1) is 0 Å². The molecule has 1 rings (SSSR count). The Kier molecular flexibility index (Phi) is 3.55. The van der Waals surface area contributed by atoms with E-state index in [0.717, 1.165) is 5.57 Å². The molecule has 1 aromatic rings. The van der Waals surface area contributed by atoms with Crippen LogP contribution in [-0.2, 0) is 4.79 Å². The maximum Gasteiger partial charge on any atom is 0.228 e. The Morgan fingerprint density at radius 1 is 1.53 bits per heavy atom. The number of carbonyl (C=O) groups excluding carboxylic acids is 1. The van der Waals surface area contributed by atoms with E-state index in [2.05, 4.69) is 21.9 Å². The first-order valence-electron chi connectivity index (χ1n) is 4.80. The number of nitrogens with one attached hydrogen (secondary N) is 1. The van der Waals surface area contributed by atoms with Crippen LogP contribution in [0.5, 0.6) is 0 Å². The zero-order valence-corrected chi connectivity index (χ0v) is 9.24. The molecular weight excluding hydrogens is 190 g/mol. The Bertz CT molecular complexity index is 385. The highest BCUT2D eigenvalue weighted by Crippen LogP contribution is 2.09. The summed E-state index contributed by atoms with van der Waals surface area (Å²) in [5, 5.41) is 2.71. The molecule has 15 heavy (non-hydrogen) atoms. The van der Waals surface area contributed by atoms with Gasteiger partial charge in [-0.3, -0.25) is 4.79 Å². The third-order valence-corrected chi connectivity index (χ3v) is 1.81. The molecule has 0 unspecified atom stereocenters. The largest absolute Gasteiger partial charge is 0.310 e. The number of aromatic nitrogens is 2. The van der Waals surface area contributed by atoms with Crippen molar-refractivity contribution in [3.05, 3.63) is 24.7 Å². The van der Waals surface area contributed by atoms with Crippen molar-refractivity contribution in [3.8, 4) is 0 Å². The minimum absolute atomic E-state index is 0.0543. The second kappa shape index (κ2) is 4.68. The van der Waals surface area contributed by atoms with E-state index in [4.69, 9.17) is 0 Å². The highest BCUT2D eigenvalue weighted by molar-refractivity contribution is 5.91. The van der Waals surface area contributed by atoms with Gasteiger partial charge in [0.15, 0.2) is 5.82 Å². The summed E-state index contributed by atoms with van der Waals surface area (Å²) in [6.45, 7) is 9.22. The van der Waals surface area contributed by atoms with E-state index >= 15 is 0 Å². The molecule has 0 spiro atoms. The molecule has 1 amide bonds. The van der Waals surface area contributed by atoms with E-state index in [9.17, 15) is 4.79 Å². The molecule has 4 nitrogen and oxygen atoms in total. The van der Waals surface area contributed by atoms with Crippen LogP contribution < -0.4 is 5.32 Å². The molecule has 80 valence electrons. The van der Waals surface area contributed by atoms with Crippen LogP contribution in [0.2, 0.25) is 0 Å². The average Bonchev–Trinajstić information content (AvgIpc) is 2.18. The number of amides is 1. The number of hydrogen-bond donors (Lipinski definition) is 1. The molecule has 0 aliphatic rings. The van der Waals surface area contributed by atoms with Crippen LogP contribution in [-0.4, -0.2) is 15.9 Å². The first-order chi connectivity index (χ1) is 7.00. The summed E-state index contributed by atoms with van der Waals surface area (Å²) >= 11 is 0. The van der Waals surface area contributed by atoms with Crippen LogP contribution >= 0.6 is 0 Å². The minimum atomic E-state index is -0.0618. The van der Waals surface area contributed by atoms with E-state index in [0.29, 0.717) is 11.6 Å². The summed E-state index contributed by atoms with van der Waals surface area (Å²) < 4.78 is 0. The van der Waals surface area contributed by atoms with Crippen LogP contribution in [0.1, 0.15) is 26.6 Å². The van der Waals surface area contributed by atoms with Crippen molar-refractivity contribution in [2.75, 3.05) is 5.32 Å². The zero-order chi connectivity index (χ0) is 11.4. The van der Waals surface area contributed by atoms with Gasteiger partial charge in [-0.15, -0.1) is 0 Å². The normalized spacial score (nSPS) is 10.1. The van der Waals surface area contributed by atoms with Gasteiger partial charge in [-0.05, 0) is 18.6 Å². The summed E-state index contributed by atoms with van der Waals surface area (Å²) in [5.41, 5.74) is 0.774. The Hall–Kier alpha value is -1.71. The average molecular weight is 205 g/mol. The standard InChI is InChI=1S/C11H15N3O/c1-7(2)10-12-6-5-9(13-10)14-11(15)8(3)4/h5-6,8H,1H2,2-4H3,(H,12,13,14,15). The van der Waals surface area contributed by atoms with E-state index in [1.165, 1.54) is 0 Å². The Labute approximate surface area is 89.4 Å². The molecule has 4 heteroatoms. The molecule has 0 fully saturated rings. The van der Waals surface area contributed by atoms with E-state index in [1.54, 1.807) is 12.3 Å². The molecule has 0 aliphatic carbocycles. The van der Waals surface area contributed by atoms with Crippen molar-refractivity contribution >= 4 is 17.3 Å². The number of nitrogens with zero attached hydrogens (tertiary/aromatic N) is 2. The van der Waals surface area contributed by atoms with Gasteiger partial charge in [0.25, 0.3) is 0 Å². The molecule has 1 N–H and O–H groups in total. The molecule has 0 saturated carbocycles. The lowest BCUT2D eigenvalue weighted by Crippen LogP contribution is -2.18. The monoisotopic (exact) mass is 205 g/mol. The van der Waals surface area contributed by atoms with Crippen LogP contribution in [0, 0.1) is 5.92 Å². The lowest BCUT2D eigenvalue weighted by atomic mass is 10.2. The van der Waals surface area contributed by atoms with Gasteiger partial charge in [-0.2, -0.15) is 0 Å². The lowest BCUT2D eigenvalue weighted by molar-refractivity contribution is -0.118. The van der Waals surface area contributed by atoms with Gasteiger partial charge in [-0.25, -0.2) is 9.97 Å². The number of anilines is 1. The molecule has 0 radical (unpaired) electrons. The van der Waals surface area contributed by atoms with Crippen LogP contribution in [0.3, 0.4) is 0 Å². The third kappa shape index (κ3) is 3.16. The van der Waals surface area contributed by atoms with Gasteiger partial charge >= 0.3 is 0 Å².